The van der Waals surface area contributed by atoms with Crippen LogP contribution in [-0.2, 0) is 6.54 Å². The first kappa shape index (κ1) is 15.5. The van der Waals surface area contributed by atoms with E-state index in [1.54, 1.807) is 6.07 Å². The summed E-state index contributed by atoms with van der Waals surface area (Å²) < 4.78 is 0.850. The van der Waals surface area contributed by atoms with Gasteiger partial charge in [0.15, 0.2) is 0 Å². The van der Waals surface area contributed by atoms with Crippen molar-refractivity contribution in [2.45, 2.75) is 27.3 Å². The van der Waals surface area contributed by atoms with Gasteiger partial charge in [0.1, 0.15) is 0 Å². The van der Waals surface area contributed by atoms with Gasteiger partial charge in [-0.2, -0.15) is 0 Å². The summed E-state index contributed by atoms with van der Waals surface area (Å²) in [6.07, 6.45) is 0. The van der Waals surface area contributed by atoms with Gasteiger partial charge in [0.05, 0.1) is 0 Å². The van der Waals surface area contributed by atoms with E-state index < -0.39 is 0 Å². The summed E-state index contributed by atoms with van der Waals surface area (Å²) in [7, 11) is 0. The molecule has 0 saturated heterocycles. The van der Waals surface area contributed by atoms with Crippen molar-refractivity contribution in [2.24, 2.45) is 0 Å². The van der Waals surface area contributed by atoms with Crippen LogP contribution in [0.25, 0.3) is 0 Å². The SMILES string of the molecule is Cc1cc(C)c(CNC(=O)c2cc(Br)ccc2C)c(=O)[nH]1. The number of benzene rings is 1. The van der Waals surface area contributed by atoms with E-state index in [1.165, 1.54) is 0 Å². The second-order valence-electron chi connectivity index (χ2n) is 5.08. The van der Waals surface area contributed by atoms with E-state index in [9.17, 15) is 9.59 Å². The number of rotatable bonds is 3. The first-order valence-corrected chi connectivity index (χ1v) is 7.41. The summed E-state index contributed by atoms with van der Waals surface area (Å²) in [6, 6.07) is 7.44. The highest BCUT2D eigenvalue weighted by Crippen LogP contribution is 2.16. The topological polar surface area (TPSA) is 62.0 Å². The lowest BCUT2D eigenvalue weighted by Gasteiger charge is -2.10. The minimum Gasteiger partial charge on any atom is -0.348 e. The van der Waals surface area contributed by atoms with Gasteiger partial charge in [-0.05, 0) is 50.1 Å². The van der Waals surface area contributed by atoms with E-state index in [2.05, 4.69) is 26.2 Å². The number of aromatic amines is 1. The number of carbonyl (C=O) groups excluding carboxylic acids is 1. The number of aryl methyl sites for hydroxylation is 3. The highest BCUT2D eigenvalue weighted by Gasteiger charge is 2.11. The number of hydrogen-bond donors (Lipinski definition) is 2. The minimum atomic E-state index is -0.187. The van der Waals surface area contributed by atoms with Gasteiger partial charge in [0, 0.05) is 27.8 Å². The molecule has 0 radical (unpaired) electrons. The highest BCUT2D eigenvalue weighted by atomic mass is 79.9. The van der Waals surface area contributed by atoms with Crippen LogP contribution < -0.4 is 10.9 Å². The Morgan fingerprint density at radius 2 is 1.90 bits per heavy atom. The molecule has 4 nitrogen and oxygen atoms in total. The molecule has 2 rings (SSSR count). The summed E-state index contributed by atoms with van der Waals surface area (Å²) in [6.45, 7) is 5.80. The van der Waals surface area contributed by atoms with E-state index in [1.807, 2.05) is 39.0 Å². The molecule has 0 saturated carbocycles. The second kappa shape index (κ2) is 6.26. The van der Waals surface area contributed by atoms with Gasteiger partial charge in [-0.3, -0.25) is 9.59 Å². The molecule has 1 heterocycles. The molecule has 0 aliphatic heterocycles. The van der Waals surface area contributed by atoms with Crippen LogP contribution in [0, 0.1) is 20.8 Å². The van der Waals surface area contributed by atoms with Crippen LogP contribution >= 0.6 is 15.9 Å². The molecular weight excluding hydrogens is 332 g/mol. The van der Waals surface area contributed by atoms with Crippen LogP contribution in [0.15, 0.2) is 33.5 Å². The predicted molar refractivity (Wildman–Crippen MR) is 86.6 cm³/mol. The summed E-state index contributed by atoms with van der Waals surface area (Å²) in [5.74, 6) is -0.187. The molecule has 1 amide bonds. The van der Waals surface area contributed by atoms with Crippen molar-refractivity contribution < 1.29 is 4.79 Å². The zero-order valence-electron chi connectivity index (χ0n) is 12.2. The lowest BCUT2D eigenvalue weighted by atomic mass is 10.1. The van der Waals surface area contributed by atoms with Crippen molar-refractivity contribution in [1.29, 1.82) is 0 Å². The molecule has 0 aliphatic carbocycles. The fourth-order valence-electron chi connectivity index (χ4n) is 2.20. The van der Waals surface area contributed by atoms with Crippen LogP contribution in [0.3, 0.4) is 0 Å². The van der Waals surface area contributed by atoms with E-state index in [4.69, 9.17) is 0 Å². The number of carbonyl (C=O) groups is 1. The lowest BCUT2D eigenvalue weighted by molar-refractivity contribution is 0.0950. The number of halogens is 1. The van der Waals surface area contributed by atoms with Gasteiger partial charge in [0.2, 0.25) is 0 Å². The van der Waals surface area contributed by atoms with Gasteiger partial charge in [0.25, 0.3) is 11.5 Å². The van der Waals surface area contributed by atoms with Crippen molar-refractivity contribution in [2.75, 3.05) is 0 Å². The maximum absolute atomic E-state index is 12.2. The number of aromatic nitrogens is 1. The average Bonchev–Trinajstić information content (AvgIpc) is 2.40. The van der Waals surface area contributed by atoms with Gasteiger partial charge < -0.3 is 10.3 Å². The molecule has 0 spiro atoms. The Hall–Kier alpha value is -1.88. The number of pyridine rings is 1. The van der Waals surface area contributed by atoms with Crippen LogP contribution in [-0.4, -0.2) is 10.9 Å². The van der Waals surface area contributed by atoms with E-state index >= 15 is 0 Å². The van der Waals surface area contributed by atoms with Crippen LogP contribution in [0.1, 0.15) is 32.7 Å². The van der Waals surface area contributed by atoms with Crippen LogP contribution in [0.2, 0.25) is 0 Å². The molecule has 0 fully saturated rings. The number of hydrogen-bond acceptors (Lipinski definition) is 2. The Labute approximate surface area is 131 Å². The number of H-pyrrole nitrogens is 1. The number of amides is 1. The van der Waals surface area contributed by atoms with Crippen molar-refractivity contribution in [3.8, 4) is 0 Å². The molecule has 1 aromatic heterocycles. The van der Waals surface area contributed by atoms with Crippen molar-refractivity contribution in [1.82, 2.24) is 10.3 Å². The Bertz CT molecular complexity index is 750. The number of nitrogens with one attached hydrogen (secondary N) is 2. The highest BCUT2D eigenvalue weighted by molar-refractivity contribution is 9.10. The Morgan fingerprint density at radius 1 is 1.19 bits per heavy atom. The quantitative estimate of drug-likeness (QED) is 0.895. The molecule has 0 aliphatic rings. The summed E-state index contributed by atoms with van der Waals surface area (Å²) >= 11 is 3.36. The predicted octanol–water partition coefficient (Wildman–Crippen LogP) is 2.99. The second-order valence-corrected chi connectivity index (χ2v) is 6.00. The summed E-state index contributed by atoms with van der Waals surface area (Å²) in [5.41, 5.74) is 3.62. The zero-order valence-corrected chi connectivity index (χ0v) is 13.8. The smallest absolute Gasteiger partial charge is 0.253 e. The summed E-state index contributed by atoms with van der Waals surface area (Å²) in [4.78, 5) is 26.9. The monoisotopic (exact) mass is 348 g/mol. The molecule has 110 valence electrons. The molecular formula is C16H17BrN2O2. The largest absolute Gasteiger partial charge is 0.348 e. The third-order valence-electron chi connectivity index (χ3n) is 3.36. The van der Waals surface area contributed by atoms with Crippen LogP contribution in [0.4, 0.5) is 0 Å². The zero-order chi connectivity index (χ0) is 15.6. The molecule has 1 aromatic carbocycles. The fourth-order valence-corrected chi connectivity index (χ4v) is 2.57. The standard InChI is InChI=1S/C16H17BrN2O2/c1-9-4-5-12(17)7-13(9)15(20)18-8-14-10(2)6-11(3)19-16(14)21/h4-7H,8H2,1-3H3,(H,18,20)(H,19,21). The normalized spacial score (nSPS) is 10.5. The minimum absolute atomic E-state index is 0.154. The fraction of sp³-hybridized carbons (Fsp3) is 0.250. The van der Waals surface area contributed by atoms with E-state index in [0.717, 1.165) is 21.3 Å². The Balaban J connectivity index is 2.19. The van der Waals surface area contributed by atoms with Gasteiger partial charge in [-0.15, -0.1) is 0 Å². The third kappa shape index (κ3) is 3.61. The molecule has 0 unspecified atom stereocenters. The molecule has 2 N–H and O–H groups in total. The van der Waals surface area contributed by atoms with Crippen molar-refractivity contribution >= 4 is 21.8 Å². The maximum atomic E-state index is 12.2. The molecule has 0 atom stereocenters. The van der Waals surface area contributed by atoms with Gasteiger partial charge in [-0.1, -0.05) is 22.0 Å². The van der Waals surface area contributed by atoms with Gasteiger partial charge >= 0.3 is 0 Å². The average molecular weight is 349 g/mol. The molecule has 21 heavy (non-hydrogen) atoms. The maximum Gasteiger partial charge on any atom is 0.253 e. The molecule has 0 bridgehead atoms. The Morgan fingerprint density at radius 3 is 2.57 bits per heavy atom. The third-order valence-corrected chi connectivity index (χ3v) is 3.86. The van der Waals surface area contributed by atoms with E-state index in [-0.39, 0.29) is 18.0 Å². The first-order chi connectivity index (χ1) is 9.88. The van der Waals surface area contributed by atoms with Crippen molar-refractivity contribution in [3.63, 3.8) is 0 Å². The summed E-state index contributed by atoms with van der Waals surface area (Å²) in [5, 5.41) is 2.80. The lowest BCUT2D eigenvalue weighted by Crippen LogP contribution is -2.28. The van der Waals surface area contributed by atoms with Gasteiger partial charge in [-0.25, -0.2) is 0 Å². The first-order valence-electron chi connectivity index (χ1n) is 6.62. The van der Waals surface area contributed by atoms with Crippen molar-refractivity contribution in [3.05, 3.63) is 67.0 Å². The van der Waals surface area contributed by atoms with E-state index in [0.29, 0.717) is 11.1 Å². The Kier molecular flexibility index (Phi) is 4.63. The van der Waals surface area contributed by atoms with Crippen LogP contribution in [0.5, 0.6) is 0 Å². The molecule has 2 aromatic rings. The molecule has 5 heteroatoms.